The second-order valence-corrected chi connectivity index (χ2v) is 5.66. The number of aliphatic carboxylic acids is 1. The molecule has 2 amide bonds. The first kappa shape index (κ1) is 16.5. The van der Waals surface area contributed by atoms with E-state index in [0.717, 1.165) is 17.7 Å². The number of likely N-dealkylation sites (N-methyl/N-ethyl adjacent to an activating group) is 1. The fraction of sp³-hybridized carbons (Fsp3) is 0.571. The number of carboxylic acids is 1. The SMILES string of the molecule is CCCC(NC(=O)N(C)C(CC)C(=O)O)c1cccs1. The third-order valence-corrected chi connectivity index (χ3v) is 4.21. The van der Waals surface area contributed by atoms with E-state index in [9.17, 15) is 9.59 Å². The van der Waals surface area contributed by atoms with E-state index in [4.69, 9.17) is 5.11 Å². The van der Waals surface area contributed by atoms with Gasteiger partial charge in [-0.15, -0.1) is 11.3 Å². The first-order valence-electron chi connectivity index (χ1n) is 6.80. The van der Waals surface area contributed by atoms with Crippen LogP contribution in [0.3, 0.4) is 0 Å². The average molecular weight is 298 g/mol. The molecular formula is C14H22N2O3S. The minimum absolute atomic E-state index is 0.0544. The first-order chi connectivity index (χ1) is 9.51. The Kier molecular flexibility index (Phi) is 6.51. The van der Waals surface area contributed by atoms with E-state index in [-0.39, 0.29) is 12.1 Å². The summed E-state index contributed by atoms with van der Waals surface area (Å²) in [6.45, 7) is 3.81. The van der Waals surface area contributed by atoms with Crippen LogP contribution in [0.4, 0.5) is 4.79 Å². The van der Waals surface area contributed by atoms with Gasteiger partial charge in [-0.05, 0) is 24.3 Å². The summed E-state index contributed by atoms with van der Waals surface area (Å²) in [5, 5.41) is 14.0. The van der Waals surface area contributed by atoms with E-state index in [1.807, 2.05) is 17.5 Å². The van der Waals surface area contributed by atoms with Gasteiger partial charge in [-0.25, -0.2) is 9.59 Å². The van der Waals surface area contributed by atoms with Crippen molar-refractivity contribution in [3.63, 3.8) is 0 Å². The lowest BCUT2D eigenvalue weighted by atomic mass is 10.1. The Balaban J connectivity index is 2.73. The highest BCUT2D eigenvalue weighted by Gasteiger charge is 2.26. The summed E-state index contributed by atoms with van der Waals surface area (Å²) in [5.74, 6) is -0.978. The predicted molar refractivity (Wildman–Crippen MR) is 80.0 cm³/mol. The van der Waals surface area contributed by atoms with Gasteiger partial charge in [0.05, 0.1) is 6.04 Å². The number of carboxylic acid groups (broad SMARTS) is 1. The molecule has 0 spiro atoms. The van der Waals surface area contributed by atoms with Crippen LogP contribution in [-0.4, -0.2) is 35.1 Å². The van der Waals surface area contributed by atoms with Gasteiger partial charge < -0.3 is 15.3 Å². The first-order valence-corrected chi connectivity index (χ1v) is 7.68. The molecule has 0 fully saturated rings. The van der Waals surface area contributed by atoms with Crippen molar-refractivity contribution >= 4 is 23.3 Å². The van der Waals surface area contributed by atoms with Crippen LogP contribution in [-0.2, 0) is 4.79 Å². The maximum Gasteiger partial charge on any atom is 0.326 e. The van der Waals surface area contributed by atoms with E-state index in [1.54, 1.807) is 18.3 Å². The molecule has 1 heterocycles. The number of amides is 2. The molecule has 2 unspecified atom stereocenters. The Labute approximate surface area is 123 Å². The lowest BCUT2D eigenvalue weighted by Crippen LogP contribution is -2.47. The number of thiophene rings is 1. The Morgan fingerprint density at radius 1 is 1.45 bits per heavy atom. The topological polar surface area (TPSA) is 69.6 Å². The summed E-state index contributed by atoms with van der Waals surface area (Å²) in [6, 6.07) is 2.75. The van der Waals surface area contributed by atoms with Gasteiger partial charge in [0.1, 0.15) is 6.04 Å². The predicted octanol–water partition coefficient (Wildman–Crippen LogP) is 3.09. The number of rotatable bonds is 7. The summed E-state index contributed by atoms with van der Waals surface area (Å²) >= 11 is 1.60. The molecule has 112 valence electrons. The van der Waals surface area contributed by atoms with Gasteiger partial charge in [-0.1, -0.05) is 26.3 Å². The molecule has 2 N–H and O–H groups in total. The van der Waals surface area contributed by atoms with Gasteiger partial charge in [0.15, 0.2) is 0 Å². The van der Waals surface area contributed by atoms with Crippen LogP contribution in [0.2, 0.25) is 0 Å². The molecule has 1 aromatic heterocycles. The molecule has 5 nitrogen and oxygen atoms in total. The van der Waals surface area contributed by atoms with E-state index in [0.29, 0.717) is 6.42 Å². The molecule has 0 bridgehead atoms. The quantitative estimate of drug-likeness (QED) is 0.812. The molecule has 1 aromatic rings. The minimum Gasteiger partial charge on any atom is -0.480 e. The third-order valence-electron chi connectivity index (χ3n) is 3.22. The number of urea groups is 1. The van der Waals surface area contributed by atoms with Crippen LogP contribution in [0, 0.1) is 0 Å². The molecule has 0 radical (unpaired) electrons. The van der Waals surface area contributed by atoms with Crippen LogP contribution in [0.1, 0.15) is 44.0 Å². The Bertz CT molecular complexity index is 434. The molecule has 0 aromatic carbocycles. The van der Waals surface area contributed by atoms with Crippen molar-refractivity contribution in [1.29, 1.82) is 0 Å². The van der Waals surface area contributed by atoms with Gasteiger partial charge in [-0.2, -0.15) is 0 Å². The van der Waals surface area contributed by atoms with Crippen molar-refractivity contribution < 1.29 is 14.7 Å². The van der Waals surface area contributed by atoms with Crippen LogP contribution in [0.15, 0.2) is 17.5 Å². The van der Waals surface area contributed by atoms with Gasteiger partial charge in [0, 0.05) is 11.9 Å². The van der Waals surface area contributed by atoms with Gasteiger partial charge in [0.25, 0.3) is 0 Å². The van der Waals surface area contributed by atoms with Gasteiger partial charge in [-0.3, -0.25) is 0 Å². The zero-order chi connectivity index (χ0) is 15.1. The summed E-state index contributed by atoms with van der Waals surface area (Å²) in [4.78, 5) is 25.6. The van der Waals surface area contributed by atoms with Crippen LogP contribution >= 0.6 is 11.3 Å². The van der Waals surface area contributed by atoms with Crippen LogP contribution < -0.4 is 5.32 Å². The summed E-state index contributed by atoms with van der Waals surface area (Å²) in [5.41, 5.74) is 0. The molecule has 0 aliphatic rings. The smallest absolute Gasteiger partial charge is 0.326 e. The zero-order valence-corrected chi connectivity index (χ0v) is 12.9. The lowest BCUT2D eigenvalue weighted by molar-refractivity contribution is -0.141. The largest absolute Gasteiger partial charge is 0.480 e. The van der Waals surface area contributed by atoms with Crippen molar-refractivity contribution in [2.75, 3.05) is 7.05 Å². The van der Waals surface area contributed by atoms with Crippen molar-refractivity contribution in [3.05, 3.63) is 22.4 Å². The van der Waals surface area contributed by atoms with Crippen molar-refractivity contribution in [2.24, 2.45) is 0 Å². The molecule has 6 heteroatoms. The van der Waals surface area contributed by atoms with Crippen LogP contribution in [0.25, 0.3) is 0 Å². The lowest BCUT2D eigenvalue weighted by Gasteiger charge is -2.26. The van der Waals surface area contributed by atoms with E-state index in [2.05, 4.69) is 12.2 Å². The fourth-order valence-corrected chi connectivity index (χ4v) is 2.88. The molecule has 0 aliphatic carbocycles. The highest BCUT2D eigenvalue weighted by molar-refractivity contribution is 7.10. The standard InChI is InChI=1S/C14H22N2O3S/c1-4-7-10(12-8-6-9-20-12)15-14(19)16(3)11(5-2)13(17)18/h6,8-11H,4-5,7H2,1-3H3,(H,15,19)(H,17,18). The highest BCUT2D eigenvalue weighted by Crippen LogP contribution is 2.23. The van der Waals surface area contributed by atoms with Crippen molar-refractivity contribution in [3.8, 4) is 0 Å². The minimum atomic E-state index is -0.978. The number of nitrogens with one attached hydrogen (secondary N) is 1. The van der Waals surface area contributed by atoms with Crippen molar-refractivity contribution in [1.82, 2.24) is 10.2 Å². The maximum absolute atomic E-state index is 12.2. The van der Waals surface area contributed by atoms with E-state index in [1.165, 1.54) is 11.9 Å². The molecule has 0 aliphatic heterocycles. The molecule has 0 saturated heterocycles. The number of hydrogen-bond donors (Lipinski definition) is 2. The summed E-state index contributed by atoms with van der Waals surface area (Å²) in [7, 11) is 1.52. The summed E-state index contributed by atoms with van der Waals surface area (Å²) < 4.78 is 0. The van der Waals surface area contributed by atoms with Gasteiger partial charge in [0.2, 0.25) is 0 Å². The summed E-state index contributed by atoms with van der Waals surface area (Å²) in [6.07, 6.45) is 2.17. The van der Waals surface area contributed by atoms with E-state index < -0.39 is 12.0 Å². The fourth-order valence-electron chi connectivity index (χ4n) is 2.07. The average Bonchev–Trinajstić information content (AvgIpc) is 2.92. The molecule has 0 saturated carbocycles. The number of carbonyl (C=O) groups is 2. The number of nitrogens with zero attached hydrogens (tertiary/aromatic N) is 1. The zero-order valence-electron chi connectivity index (χ0n) is 12.1. The maximum atomic E-state index is 12.2. The normalized spacial score (nSPS) is 13.6. The molecule has 20 heavy (non-hydrogen) atoms. The molecule has 1 rings (SSSR count). The molecular weight excluding hydrogens is 276 g/mol. The Hall–Kier alpha value is -1.56. The molecule has 2 atom stereocenters. The number of hydrogen-bond acceptors (Lipinski definition) is 3. The number of carbonyl (C=O) groups excluding carboxylic acids is 1. The van der Waals surface area contributed by atoms with Crippen molar-refractivity contribution in [2.45, 2.75) is 45.2 Å². The van der Waals surface area contributed by atoms with Gasteiger partial charge >= 0.3 is 12.0 Å². The Morgan fingerprint density at radius 3 is 2.60 bits per heavy atom. The van der Waals surface area contributed by atoms with E-state index >= 15 is 0 Å². The highest BCUT2D eigenvalue weighted by atomic mass is 32.1. The Morgan fingerprint density at radius 2 is 2.15 bits per heavy atom. The monoisotopic (exact) mass is 298 g/mol. The third kappa shape index (κ3) is 4.23. The van der Waals surface area contributed by atoms with Crippen LogP contribution in [0.5, 0.6) is 0 Å². The second-order valence-electron chi connectivity index (χ2n) is 4.68. The second kappa shape index (κ2) is 7.89.